The van der Waals surface area contributed by atoms with E-state index in [9.17, 15) is 0 Å². The molecule has 1 rings (SSSR count). The van der Waals surface area contributed by atoms with E-state index in [2.05, 4.69) is 51.1 Å². The van der Waals surface area contributed by atoms with E-state index in [0.717, 1.165) is 4.48 Å². The Morgan fingerprint density at radius 2 is 1.00 bits per heavy atom. The third kappa shape index (κ3) is 9.97. The van der Waals surface area contributed by atoms with Crippen LogP contribution in [0, 0.1) is 0 Å². The quantitative estimate of drug-likeness (QED) is 0.286. The topological polar surface area (TPSA) is 0 Å². The highest BCUT2D eigenvalue weighted by atomic mass is 35.5. The van der Waals surface area contributed by atoms with Gasteiger partial charge >= 0.3 is 0 Å². The third-order valence-electron chi connectivity index (χ3n) is 5.95. The molecule has 0 spiro atoms. The van der Waals surface area contributed by atoms with Crippen LogP contribution in [0.4, 0.5) is 5.69 Å². The second-order valence-corrected chi connectivity index (χ2v) is 7.73. The minimum atomic E-state index is 0. The lowest BCUT2D eigenvalue weighted by atomic mass is 10.0. The molecule has 0 aromatic heterocycles. The molecule has 0 amide bonds. The molecule has 1 nitrogen and oxygen atoms in total. The number of halogens is 1. The van der Waals surface area contributed by atoms with Crippen molar-refractivity contribution >= 4 is 5.69 Å². The molecule has 0 N–H and O–H groups in total. The van der Waals surface area contributed by atoms with Gasteiger partial charge in [-0.3, -0.25) is 4.48 Å². The van der Waals surface area contributed by atoms with Crippen LogP contribution in [0.2, 0.25) is 0 Å². The van der Waals surface area contributed by atoms with E-state index < -0.39 is 0 Å². The van der Waals surface area contributed by atoms with Crippen molar-refractivity contribution in [3.8, 4) is 0 Å². The molecular formula is C24H44ClN. The first-order chi connectivity index (χ1) is 12.3. The predicted octanol–water partition coefficient (Wildman–Crippen LogP) is 4.74. The number of para-hydroxylation sites is 1. The number of quaternary nitrogens is 1. The van der Waals surface area contributed by atoms with Gasteiger partial charge < -0.3 is 12.4 Å². The zero-order valence-electron chi connectivity index (χ0n) is 17.8. The number of benzene rings is 1. The maximum absolute atomic E-state index is 2.34. The van der Waals surface area contributed by atoms with Gasteiger partial charge in [0, 0.05) is 0 Å². The van der Waals surface area contributed by atoms with E-state index >= 15 is 0 Å². The van der Waals surface area contributed by atoms with Crippen molar-refractivity contribution in [1.82, 2.24) is 4.48 Å². The van der Waals surface area contributed by atoms with Gasteiger partial charge in [-0.1, -0.05) is 89.3 Å². The number of nitrogens with zero attached hydrogens (tertiary/aromatic N) is 1. The molecule has 0 saturated heterocycles. The minimum absolute atomic E-state index is 0. The highest BCUT2D eigenvalue weighted by Gasteiger charge is 2.25. The monoisotopic (exact) mass is 381 g/mol. The number of hydrogen-bond donors (Lipinski definition) is 0. The Labute approximate surface area is 170 Å². The van der Waals surface area contributed by atoms with E-state index in [4.69, 9.17) is 0 Å². The normalized spacial score (nSPS) is 11.3. The smallest absolute Gasteiger partial charge is 0.132 e. The Kier molecular flexibility index (Phi) is 16.3. The molecule has 0 aliphatic heterocycles. The molecule has 2 heteroatoms. The van der Waals surface area contributed by atoms with Crippen LogP contribution in [-0.4, -0.2) is 19.6 Å². The van der Waals surface area contributed by atoms with Crippen LogP contribution in [0.15, 0.2) is 30.3 Å². The van der Waals surface area contributed by atoms with Crippen LogP contribution in [0.1, 0.15) is 97.8 Å². The van der Waals surface area contributed by atoms with E-state index in [0.29, 0.717) is 0 Å². The summed E-state index contributed by atoms with van der Waals surface area (Å²) in [5.74, 6) is 0. The lowest BCUT2D eigenvalue weighted by Gasteiger charge is -2.36. The Morgan fingerprint density at radius 3 is 1.42 bits per heavy atom. The highest BCUT2D eigenvalue weighted by Crippen LogP contribution is 2.24. The fourth-order valence-electron chi connectivity index (χ4n) is 4.03. The van der Waals surface area contributed by atoms with Gasteiger partial charge in [-0.25, -0.2) is 0 Å². The van der Waals surface area contributed by atoms with Crippen molar-refractivity contribution in [1.29, 1.82) is 0 Å². The number of unbranched alkanes of at least 4 members (excludes halogenated alkanes) is 11. The van der Waals surface area contributed by atoms with Crippen LogP contribution in [-0.2, 0) is 0 Å². The predicted molar refractivity (Wildman–Crippen MR) is 115 cm³/mol. The molecule has 0 bridgehead atoms. The van der Waals surface area contributed by atoms with Crippen molar-refractivity contribution in [2.45, 2.75) is 97.8 Å². The van der Waals surface area contributed by atoms with Crippen molar-refractivity contribution in [2.24, 2.45) is 0 Å². The summed E-state index contributed by atoms with van der Waals surface area (Å²) in [4.78, 5) is 0. The summed E-state index contributed by atoms with van der Waals surface area (Å²) in [5, 5.41) is 0. The van der Waals surface area contributed by atoms with Gasteiger partial charge in [-0.15, -0.1) is 0 Å². The zero-order chi connectivity index (χ0) is 18.2. The maximum atomic E-state index is 2.34. The molecule has 0 saturated carbocycles. The summed E-state index contributed by atoms with van der Waals surface area (Å²) in [6, 6.07) is 11.1. The average Bonchev–Trinajstić information content (AvgIpc) is 2.67. The van der Waals surface area contributed by atoms with Gasteiger partial charge in [0.05, 0.1) is 19.6 Å². The van der Waals surface area contributed by atoms with E-state index in [1.54, 1.807) is 0 Å². The number of hydrogen-bond acceptors (Lipinski definition) is 0. The standard InChI is InChI=1S/C24H44N.ClH/c1-4-7-8-9-10-11-12-13-14-15-16-20-23-25(5-2,6-3)24-21-18-17-19-22-24;/h17-19,21-22H,4-16,20,23H2,1-3H3;1H/q+1;/p-1. The van der Waals surface area contributed by atoms with Gasteiger partial charge in [0.1, 0.15) is 5.69 Å². The molecule has 0 aliphatic rings. The summed E-state index contributed by atoms with van der Waals surface area (Å²) in [7, 11) is 0. The molecule has 1 aromatic rings. The molecule has 0 fully saturated rings. The fraction of sp³-hybridized carbons (Fsp3) is 0.750. The van der Waals surface area contributed by atoms with E-state index in [1.165, 1.54) is 102 Å². The number of rotatable bonds is 16. The van der Waals surface area contributed by atoms with Crippen molar-refractivity contribution < 1.29 is 12.4 Å². The lowest BCUT2D eigenvalue weighted by Crippen LogP contribution is -3.00. The fourth-order valence-corrected chi connectivity index (χ4v) is 4.03. The van der Waals surface area contributed by atoms with Crippen LogP contribution >= 0.6 is 0 Å². The first-order valence-corrected chi connectivity index (χ1v) is 11.2. The molecule has 0 atom stereocenters. The average molecular weight is 382 g/mol. The highest BCUT2D eigenvalue weighted by molar-refractivity contribution is 5.42. The van der Waals surface area contributed by atoms with E-state index in [1.807, 2.05) is 0 Å². The van der Waals surface area contributed by atoms with Crippen LogP contribution in [0.25, 0.3) is 0 Å². The summed E-state index contributed by atoms with van der Waals surface area (Å²) in [6.45, 7) is 10.7. The lowest BCUT2D eigenvalue weighted by molar-refractivity contribution is -0.00000549. The summed E-state index contributed by atoms with van der Waals surface area (Å²) in [5.41, 5.74) is 1.50. The molecule has 1 aromatic carbocycles. The molecule has 152 valence electrons. The third-order valence-corrected chi connectivity index (χ3v) is 5.95. The van der Waals surface area contributed by atoms with Gasteiger partial charge in [0.2, 0.25) is 0 Å². The minimum Gasteiger partial charge on any atom is -1.00 e. The van der Waals surface area contributed by atoms with Gasteiger partial charge in [-0.2, -0.15) is 0 Å². The molecule has 0 radical (unpaired) electrons. The zero-order valence-corrected chi connectivity index (χ0v) is 18.6. The summed E-state index contributed by atoms with van der Waals surface area (Å²) < 4.78 is 1.15. The van der Waals surface area contributed by atoms with Crippen LogP contribution < -0.4 is 16.9 Å². The second-order valence-electron chi connectivity index (χ2n) is 7.73. The molecular weight excluding hydrogens is 338 g/mol. The first-order valence-electron chi connectivity index (χ1n) is 11.2. The SMILES string of the molecule is CCCCCCCCCCCCCC[N+](CC)(CC)c1ccccc1.[Cl-]. The van der Waals surface area contributed by atoms with Gasteiger partial charge in [-0.05, 0) is 38.8 Å². The Balaban J connectivity index is 0.00000625. The Morgan fingerprint density at radius 1 is 0.577 bits per heavy atom. The van der Waals surface area contributed by atoms with E-state index in [-0.39, 0.29) is 12.4 Å². The molecule has 26 heavy (non-hydrogen) atoms. The summed E-state index contributed by atoms with van der Waals surface area (Å²) in [6.07, 6.45) is 17.2. The van der Waals surface area contributed by atoms with Gasteiger partial charge in [0.25, 0.3) is 0 Å². The van der Waals surface area contributed by atoms with Crippen molar-refractivity contribution in [2.75, 3.05) is 19.6 Å². The molecule has 0 unspecified atom stereocenters. The maximum Gasteiger partial charge on any atom is 0.132 e. The summed E-state index contributed by atoms with van der Waals surface area (Å²) >= 11 is 0. The molecule has 0 aliphatic carbocycles. The Hall–Kier alpha value is -0.530. The van der Waals surface area contributed by atoms with Crippen molar-refractivity contribution in [3.63, 3.8) is 0 Å². The van der Waals surface area contributed by atoms with Gasteiger partial charge in [0.15, 0.2) is 0 Å². The Bertz CT molecular complexity index is 400. The first kappa shape index (κ1) is 25.5. The van der Waals surface area contributed by atoms with Crippen LogP contribution in [0.5, 0.6) is 0 Å². The van der Waals surface area contributed by atoms with Crippen LogP contribution in [0.3, 0.4) is 0 Å². The van der Waals surface area contributed by atoms with Crippen molar-refractivity contribution in [3.05, 3.63) is 30.3 Å². The second kappa shape index (κ2) is 16.6. The largest absolute Gasteiger partial charge is 1.00 e. The molecule has 0 heterocycles.